The monoisotopic (exact) mass is 461 g/mol. The molecule has 0 aliphatic heterocycles. The van der Waals surface area contributed by atoms with Crippen molar-refractivity contribution >= 4 is 44.9 Å². The molecule has 1 aromatic heterocycles. The first-order valence-corrected chi connectivity index (χ1v) is 11.2. The molecule has 0 aliphatic carbocycles. The lowest BCUT2D eigenvalue weighted by atomic mass is 10.0. The summed E-state index contributed by atoms with van der Waals surface area (Å²) in [4.78, 5) is 29.4. The number of carbonyl (C=O) groups excluding carboxylic acids is 1. The van der Waals surface area contributed by atoms with Crippen molar-refractivity contribution < 1.29 is 14.7 Å². The van der Waals surface area contributed by atoms with Crippen LogP contribution < -0.4 is 5.32 Å². The van der Waals surface area contributed by atoms with Gasteiger partial charge in [0.2, 0.25) is 5.91 Å². The van der Waals surface area contributed by atoms with Crippen LogP contribution in [0.2, 0.25) is 0 Å². The number of nitrogens with zero attached hydrogens (tertiary/aromatic N) is 2. The van der Waals surface area contributed by atoms with E-state index < -0.39 is 11.9 Å². The van der Waals surface area contributed by atoms with Gasteiger partial charge in [0.15, 0.2) is 0 Å². The number of para-hydroxylation sites is 2. The number of aromatic carboxylic acids is 1. The number of imidazole rings is 1. The topological polar surface area (TPSA) is 84.2 Å². The standard InChI is InChI=1S/C29H23N3O3/c1-18(21-12-11-20-7-3-4-8-22(20)16-21)15-28(33)31-25-14-13-23(17-24(25)29(34)35)32-19(2)30-26-9-5-6-10-27(26)32/h3-17H,1-2H3,(H,31,33)(H,34,35). The Hall–Kier alpha value is -4.71. The molecule has 0 bridgehead atoms. The van der Waals surface area contributed by atoms with Crippen LogP contribution in [0.3, 0.4) is 0 Å². The molecule has 172 valence electrons. The molecule has 2 N–H and O–H groups in total. The van der Waals surface area contributed by atoms with Gasteiger partial charge in [-0.05, 0) is 72.2 Å². The summed E-state index contributed by atoms with van der Waals surface area (Å²) in [6.45, 7) is 3.73. The average molecular weight is 462 g/mol. The van der Waals surface area contributed by atoms with Crippen LogP contribution in [0.4, 0.5) is 5.69 Å². The first-order valence-electron chi connectivity index (χ1n) is 11.2. The largest absolute Gasteiger partial charge is 0.478 e. The van der Waals surface area contributed by atoms with Crippen LogP contribution in [0.5, 0.6) is 0 Å². The average Bonchev–Trinajstić information content (AvgIpc) is 3.19. The number of hydrogen-bond acceptors (Lipinski definition) is 3. The van der Waals surface area contributed by atoms with Crippen molar-refractivity contribution in [2.75, 3.05) is 5.32 Å². The lowest BCUT2D eigenvalue weighted by Gasteiger charge is -2.12. The number of carboxylic acids is 1. The predicted molar refractivity (Wildman–Crippen MR) is 139 cm³/mol. The summed E-state index contributed by atoms with van der Waals surface area (Å²) in [5, 5.41) is 14.8. The van der Waals surface area contributed by atoms with E-state index in [1.807, 2.05) is 85.1 Å². The molecule has 1 amide bonds. The van der Waals surface area contributed by atoms with Gasteiger partial charge < -0.3 is 10.4 Å². The van der Waals surface area contributed by atoms with Crippen LogP contribution in [-0.2, 0) is 4.79 Å². The van der Waals surface area contributed by atoms with Crippen LogP contribution in [0.15, 0.2) is 91.0 Å². The Labute approximate surface area is 202 Å². The summed E-state index contributed by atoms with van der Waals surface area (Å²) in [7, 11) is 0. The second-order valence-electron chi connectivity index (χ2n) is 8.40. The minimum Gasteiger partial charge on any atom is -0.478 e. The van der Waals surface area contributed by atoms with Gasteiger partial charge in [0.05, 0.1) is 22.3 Å². The summed E-state index contributed by atoms with van der Waals surface area (Å²) >= 11 is 0. The predicted octanol–water partition coefficient (Wildman–Crippen LogP) is 6.23. The zero-order valence-corrected chi connectivity index (χ0v) is 19.3. The number of carbonyl (C=O) groups is 2. The number of rotatable bonds is 5. The number of amides is 1. The summed E-state index contributed by atoms with van der Waals surface area (Å²) < 4.78 is 1.90. The normalized spacial score (nSPS) is 11.7. The molecule has 6 heteroatoms. The highest BCUT2D eigenvalue weighted by molar-refractivity contribution is 6.07. The lowest BCUT2D eigenvalue weighted by Crippen LogP contribution is -2.13. The van der Waals surface area contributed by atoms with Crippen molar-refractivity contribution in [3.63, 3.8) is 0 Å². The minimum absolute atomic E-state index is 0.00443. The third-order valence-corrected chi connectivity index (χ3v) is 6.03. The number of nitrogens with one attached hydrogen (secondary N) is 1. The molecule has 1 heterocycles. The quantitative estimate of drug-likeness (QED) is 0.304. The molecule has 0 aliphatic rings. The number of aryl methyl sites for hydroxylation is 1. The van der Waals surface area contributed by atoms with Gasteiger partial charge in [0.1, 0.15) is 5.82 Å². The fraction of sp³-hybridized carbons (Fsp3) is 0.0690. The van der Waals surface area contributed by atoms with Gasteiger partial charge in [-0.25, -0.2) is 9.78 Å². The highest BCUT2D eigenvalue weighted by Gasteiger charge is 2.16. The van der Waals surface area contributed by atoms with Gasteiger partial charge in [-0.3, -0.25) is 9.36 Å². The molecule has 0 spiro atoms. The zero-order chi connectivity index (χ0) is 24.5. The molecule has 5 aromatic rings. The Morgan fingerprint density at radius 1 is 0.914 bits per heavy atom. The van der Waals surface area contributed by atoms with E-state index in [1.165, 1.54) is 6.08 Å². The van der Waals surface area contributed by atoms with E-state index in [9.17, 15) is 14.7 Å². The molecule has 5 rings (SSSR count). The van der Waals surface area contributed by atoms with E-state index >= 15 is 0 Å². The van der Waals surface area contributed by atoms with Gasteiger partial charge in [0, 0.05) is 11.8 Å². The van der Waals surface area contributed by atoms with Crippen molar-refractivity contribution in [1.82, 2.24) is 9.55 Å². The zero-order valence-electron chi connectivity index (χ0n) is 19.3. The molecule has 0 saturated carbocycles. The van der Waals surface area contributed by atoms with E-state index in [4.69, 9.17) is 0 Å². The van der Waals surface area contributed by atoms with Crippen LogP contribution in [0.1, 0.15) is 28.7 Å². The van der Waals surface area contributed by atoms with Crippen molar-refractivity contribution in [3.8, 4) is 5.69 Å². The highest BCUT2D eigenvalue weighted by atomic mass is 16.4. The third kappa shape index (κ3) is 4.29. The van der Waals surface area contributed by atoms with Crippen LogP contribution in [-0.4, -0.2) is 26.5 Å². The van der Waals surface area contributed by atoms with Gasteiger partial charge >= 0.3 is 5.97 Å². The van der Waals surface area contributed by atoms with Crippen molar-refractivity contribution in [3.05, 3.63) is 108 Å². The van der Waals surface area contributed by atoms with Gasteiger partial charge in [-0.2, -0.15) is 0 Å². The Morgan fingerprint density at radius 2 is 1.66 bits per heavy atom. The van der Waals surface area contributed by atoms with E-state index in [-0.39, 0.29) is 11.3 Å². The molecule has 0 saturated heterocycles. The first-order chi connectivity index (χ1) is 16.9. The van der Waals surface area contributed by atoms with E-state index in [2.05, 4.69) is 10.3 Å². The molecule has 4 aromatic carbocycles. The SMILES string of the molecule is CC(=CC(=O)Nc1ccc(-n2c(C)nc3ccccc32)cc1C(=O)O)c1ccc2ccccc2c1. The fourth-order valence-electron chi connectivity index (χ4n) is 4.31. The molecular weight excluding hydrogens is 438 g/mol. The summed E-state index contributed by atoms with van der Waals surface area (Å²) in [6, 6.07) is 26.7. The summed E-state index contributed by atoms with van der Waals surface area (Å²) in [5.41, 5.74) is 4.31. The maximum atomic E-state index is 12.8. The second-order valence-corrected chi connectivity index (χ2v) is 8.40. The van der Waals surface area contributed by atoms with Crippen molar-refractivity contribution in [2.24, 2.45) is 0 Å². The number of aromatic nitrogens is 2. The maximum Gasteiger partial charge on any atom is 0.337 e. The van der Waals surface area contributed by atoms with Crippen LogP contribution >= 0.6 is 0 Å². The van der Waals surface area contributed by atoms with Crippen LogP contribution in [0, 0.1) is 6.92 Å². The fourth-order valence-corrected chi connectivity index (χ4v) is 4.31. The highest BCUT2D eigenvalue weighted by Crippen LogP contribution is 2.26. The molecule has 0 radical (unpaired) electrons. The number of allylic oxidation sites excluding steroid dienone is 1. The van der Waals surface area contributed by atoms with Gasteiger partial charge in [0.25, 0.3) is 0 Å². The minimum atomic E-state index is -1.13. The number of benzene rings is 4. The van der Waals surface area contributed by atoms with Crippen molar-refractivity contribution in [1.29, 1.82) is 0 Å². The van der Waals surface area contributed by atoms with E-state index in [0.29, 0.717) is 5.69 Å². The van der Waals surface area contributed by atoms with E-state index in [0.717, 1.165) is 38.8 Å². The van der Waals surface area contributed by atoms with Gasteiger partial charge in [-0.1, -0.05) is 48.5 Å². The molecule has 0 atom stereocenters. The van der Waals surface area contributed by atoms with Gasteiger partial charge in [-0.15, -0.1) is 0 Å². The second kappa shape index (κ2) is 8.91. The van der Waals surface area contributed by atoms with E-state index in [1.54, 1.807) is 18.2 Å². The molecule has 6 nitrogen and oxygen atoms in total. The number of fused-ring (bicyclic) bond motifs is 2. The molecule has 0 unspecified atom stereocenters. The number of anilines is 1. The molecule has 35 heavy (non-hydrogen) atoms. The maximum absolute atomic E-state index is 12.8. The van der Waals surface area contributed by atoms with Crippen LogP contribution in [0.25, 0.3) is 33.1 Å². The Bertz CT molecular complexity index is 1650. The molecule has 0 fully saturated rings. The summed E-state index contributed by atoms with van der Waals surface area (Å²) in [6.07, 6.45) is 1.48. The Kier molecular flexibility index (Phi) is 5.63. The third-order valence-electron chi connectivity index (χ3n) is 6.03. The first kappa shape index (κ1) is 22.1. The molecular formula is C29H23N3O3. The summed E-state index contributed by atoms with van der Waals surface area (Å²) in [5.74, 6) is -0.775. The Balaban J connectivity index is 1.45. The smallest absolute Gasteiger partial charge is 0.337 e. The number of carboxylic acid groups (broad SMARTS) is 1. The van der Waals surface area contributed by atoms with Crippen molar-refractivity contribution in [2.45, 2.75) is 13.8 Å². The Morgan fingerprint density at radius 3 is 2.46 bits per heavy atom. The lowest BCUT2D eigenvalue weighted by molar-refractivity contribution is -0.111. The number of hydrogen-bond donors (Lipinski definition) is 2.